The Bertz CT molecular complexity index is 1200. The van der Waals surface area contributed by atoms with Crippen LogP contribution in [-0.4, -0.2) is 64.5 Å². The van der Waals surface area contributed by atoms with Crippen LogP contribution in [0.2, 0.25) is 0 Å². The molecule has 1 atom stereocenters. The standard InChI is InChI=1S/C25H25N5O6/c1-14(2)21(30-23(34)17-5-3-4-6-18(17)24(30)35)22(33)28-16-9-7-15(8-10-16)27-19(31)11-12-29-20(32)13-26-25(29)36/h3-10,14,21H,11-13H2,1-2H3,(H,26,36)(H,27,31)(H,28,33). The predicted molar refractivity (Wildman–Crippen MR) is 129 cm³/mol. The molecule has 11 heteroatoms. The molecule has 4 rings (SSSR count). The van der Waals surface area contributed by atoms with Crippen molar-refractivity contribution >= 4 is 46.9 Å². The quantitative estimate of drug-likeness (QED) is 0.379. The Morgan fingerprint density at radius 3 is 1.94 bits per heavy atom. The van der Waals surface area contributed by atoms with Crippen molar-refractivity contribution < 1.29 is 28.8 Å². The molecule has 1 unspecified atom stereocenters. The molecule has 1 saturated heterocycles. The van der Waals surface area contributed by atoms with Crippen LogP contribution < -0.4 is 16.0 Å². The van der Waals surface area contributed by atoms with Gasteiger partial charge >= 0.3 is 6.03 Å². The van der Waals surface area contributed by atoms with E-state index in [1.807, 2.05) is 0 Å². The minimum Gasteiger partial charge on any atom is -0.329 e. The van der Waals surface area contributed by atoms with E-state index in [0.717, 1.165) is 9.80 Å². The lowest BCUT2D eigenvalue weighted by molar-refractivity contribution is -0.125. The molecule has 0 bridgehead atoms. The van der Waals surface area contributed by atoms with Gasteiger partial charge in [-0.15, -0.1) is 0 Å². The fourth-order valence-electron chi connectivity index (χ4n) is 4.15. The highest BCUT2D eigenvalue weighted by atomic mass is 16.2. The summed E-state index contributed by atoms with van der Waals surface area (Å²) in [5, 5.41) is 7.79. The van der Waals surface area contributed by atoms with Crippen molar-refractivity contribution in [2.75, 3.05) is 23.7 Å². The van der Waals surface area contributed by atoms with Gasteiger partial charge in [-0.05, 0) is 42.3 Å². The summed E-state index contributed by atoms with van der Waals surface area (Å²) in [6, 6.07) is 11.2. The van der Waals surface area contributed by atoms with Crippen LogP contribution in [0.15, 0.2) is 48.5 Å². The lowest BCUT2D eigenvalue weighted by Gasteiger charge is -2.28. The third-order valence-electron chi connectivity index (χ3n) is 5.94. The van der Waals surface area contributed by atoms with Crippen LogP contribution in [0, 0.1) is 5.92 Å². The summed E-state index contributed by atoms with van der Waals surface area (Å²) in [6.07, 6.45) is -0.0615. The second-order valence-corrected chi connectivity index (χ2v) is 8.78. The zero-order valence-electron chi connectivity index (χ0n) is 19.7. The molecule has 36 heavy (non-hydrogen) atoms. The van der Waals surface area contributed by atoms with Gasteiger partial charge in [0.25, 0.3) is 11.8 Å². The molecule has 2 aromatic rings. The first-order valence-corrected chi connectivity index (χ1v) is 11.4. The molecule has 0 saturated carbocycles. The molecule has 7 amide bonds. The Kier molecular flexibility index (Phi) is 6.82. The van der Waals surface area contributed by atoms with Gasteiger partial charge in [0.1, 0.15) is 6.04 Å². The smallest absolute Gasteiger partial charge is 0.324 e. The van der Waals surface area contributed by atoms with Crippen molar-refractivity contribution in [1.29, 1.82) is 0 Å². The number of rotatable bonds is 8. The number of carbonyl (C=O) groups excluding carboxylic acids is 6. The molecule has 2 aromatic carbocycles. The molecule has 186 valence electrons. The summed E-state index contributed by atoms with van der Waals surface area (Å²) < 4.78 is 0. The summed E-state index contributed by atoms with van der Waals surface area (Å²) in [5.41, 5.74) is 1.42. The van der Waals surface area contributed by atoms with Crippen LogP contribution in [0.4, 0.5) is 16.2 Å². The molecule has 2 aliphatic heterocycles. The third kappa shape index (κ3) is 4.81. The molecule has 2 heterocycles. The van der Waals surface area contributed by atoms with Gasteiger partial charge in [-0.25, -0.2) is 4.79 Å². The highest BCUT2D eigenvalue weighted by molar-refractivity contribution is 6.23. The van der Waals surface area contributed by atoms with E-state index in [1.165, 1.54) is 0 Å². The average molecular weight is 492 g/mol. The van der Waals surface area contributed by atoms with Crippen molar-refractivity contribution in [2.45, 2.75) is 26.3 Å². The molecule has 0 aromatic heterocycles. The fraction of sp³-hybridized carbons (Fsp3) is 0.280. The minimum atomic E-state index is -1.01. The van der Waals surface area contributed by atoms with Gasteiger partial charge in [-0.2, -0.15) is 0 Å². The van der Waals surface area contributed by atoms with Crippen molar-refractivity contribution in [2.24, 2.45) is 5.92 Å². The molecule has 0 aliphatic carbocycles. The van der Waals surface area contributed by atoms with Gasteiger partial charge in [0.05, 0.1) is 17.7 Å². The number of benzene rings is 2. The van der Waals surface area contributed by atoms with Crippen molar-refractivity contribution in [3.05, 3.63) is 59.7 Å². The van der Waals surface area contributed by atoms with Gasteiger partial charge in [-0.1, -0.05) is 26.0 Å². The number of nitrogens with one attached hydrogen (secondary N) is 3. The Morgan fingerprint density at radius 2 is 1.44 bits per heavy atom. The SMILES string of the molecule is CC(C)C(C(=O)Nc1ccc(NC(=O)CCN2C(=O)CNC2=O)cc1)N1C(=O)c2ccccc2C1=O. The maximum atomic E-state index is 13.1. The van der Waals surface area contributed by atoms with E-state index in [4.69, 9.17) is 0 Å². The number of carbonyl (C=O) groups is 6. The predicted octanol–water partition coefficient (Wildman–Crippen LogP) is 1.83. The van der Waals surface area contributed by atoms with E-state index >= 15 is 0 Å². The van der Waals surface area contributed by atoms with Gasteiger partial charge in [0.2, 0.25) is 17.7 Å². The molecular formula is C25H25N5O6. The number of imide groups is 2. The zero-order valence-corrected chi connectivity index (χ0v) is 19.7. The first-order valence-electron chi connectivity index (χ1n) is 11.4. The van der Waals surface area contributed by atoms with E-state index in [0.29, 0.717) is 11.4 Å². The summed E-state index contributed by atoms with van der Waals surface area (Å²) in [6.45, 7) is 3.41. The largest absolute Gasteiger partial charge is 0.329 e. The Hall–Kier alpha value is -4.54. The zero-order chi connectivity index (χ0) is 26.0. The van der Waals surface area contributed by atoms with Crippen LogP contribution in [-0.2, 0) is 14.4 Å². The van der Waals surface area contributed by atoms with Crippen LogP contribution in [0.5, 0.6) is 0 Å². The van der Waals surface area contributed by atoms with Gasteiger partial charge in [0, 0.05) is 24.3 Å². The summed E-state index contributed by atoms with van der Waals surface area (Å²) in [5.74, 6) is -2.62. The normalized spacial score (nSPS) is 15.8. The Morgan fingerprint density at radius 1 is 0.889 bits per heavy atom. The molecule has 0 radical (unpaired) electrons. The second kappa shape index (κ2) is 9.98. The van der Waals surface area contributed by atoms with Crippen molar-refractivity contribution in [3.63, 3.8) is 0 Å². The van der Waals surface area contributed by atoms with Crippen molar-refractivity contribution in [3.8, 4) is 0 Å². The summed E-state index contributed by atoms with van der Waals surface area (Å²) >= 11 is 0. The summed E-state index contributed by atoms with van der Waals surface area (Å²) in [4.78, 5) is 76.2. The maximum absolute atomic E-state index is 13.1. The Balaban J connectivity index is 1.37. The molecule has 2 aliphatic rings. The third-order valence-corrected chi connectivity index (χ3v) is 5.94. The van der Waals surface area contributed by atoms with E-state index < -0.39 is 29.8 Å². The van der Waals surface area contributed by atoms with Crippen molar-refractivity contribution in [1.82, 2.24) is 15.1 Å². The number of amides is 7. The van der Waals surface area contributed by atoms with Gasteiger partial charge in [-0.3, -0.25) is 33.8 Å². The number of hydrogen-bond donors (Lipinski definition) is 3. The Labute approximate surface area is 206 Å². The van der Waals surface area contributed by atoms with E-state index in [-0.39, 0.29) is 48.4 Å². The number of hydrogen-bond acceptors (Lipinski definition) is 6. The first kappa shape index (κ1) is 24.6. The maximum Gasteiger partial charge on any atom is 0.324 e. The van der Waals surface area contributed by atoms with Gasteiger partial charge < -0.3 is 16.0 Å². The topological polar surface area (TPSA) is 145 Å². The molecule has 0 spiro atoms. The lowest BCUT2D eigenvalue weighted by atomic mass is 10.0. The lowest BCUT2D eigenvalue weighted by Crippen LogP contribution is -2.50. The minimum absolute atomic E-state index is 0.0287. The fourth-order valence-corrected chi connectivity index (χ4v) is 4.15. The van der Waals surface area contributed by atoms with Gasteiger partial charge in [0.15, 0.2) is 0 Å². The highest BCUT2D eigenvalue weighted by Crippen LogP contribution is 2.28. The van der Waals surface area contributed by atoms with Crippen LogP contribution in [0.25, 0.3) is 0 Å². The first-order chi connectivity index (χ1) is 17.2. The van der Waals surface area contributed by atoms with E-state index in [9.17, 15) is 28.8 Å². The monoisotopic (exact) mass is 491 g/mol. The van der Waals surface area contributed by atoms with E-state index in [2.05, 4.69) is 16.0 Å². The van der Waals surface area contributed by atoms with Crippen LogP contribution >= 0.6 is 0 Å². The number of anilines is 2. The highest BCUT2D eigenvalue weighted by Gasteiger charge is 2.43. The number of fused-ring (bicyclic) bond motifs is 1. The van der Waals surface area contributed by atoms with E-state index in [1.54, 1.807) is 62.4 Å². The summed E-state index contributed by atoms with van der Waals surface area (Å²) in [7, 11) is 0. The molecule has 1 fully saturated rings. The molecular weight excluding hydrogens is 466 g/mol. The van der Waals surface area contributed by atoms with Crippen LogP contribution in [0.3, 0.4) is 0 Å². The second-order valence-electron chi connectivity index (χ2n) is 8.78. The molecule has 11 nitrogen and oxygen atoms in total. The number of nitrogens with zero attached hydrogens (tertiary/aromatic N) is 2. The average Bonchev–Trinajstić information content (AvgIpc) is 3.29. The van der Waals surface area contributed by atoms with Crippen LogP contribution in [0.1, 0.15) is 41.0 Å². The number of urea groups is 1. The molecule has 3 N–H and O–H groups in total.